The molecule has 0 spiro atoms. The van der Waals surface area contributed by atoms with Crippen LogP contribution in [0.4, 0.5) is 10.5 Å². The van der Waals surface area contributed by atoms with Crippen molar-refractivity contribution in [3.63, 3.8) is 0 Å². The van der Waals surface area contributed by atoms with Crippen LogP contribution in [0, 0.1) is 0 Å². The quantitative estimate of drug-likeness (QED) is 0.781. The molecule has 3 N–H and O–H groups in total. The minimum Gasteiger partial charge on any atom is -0.481 e. The summed E-state index contributed by atoms with van der Waals surface area (Å²) in [6.45, 7) is 3.11. The van der Waals surface area contributed by atoms with Crippen LogP contribution in [0.5, 0.6) is 0 Å². The molecule has 6 nitrogen and oxygen atoms in total. The maximum Gasteiger partial charge on any atom is 0.319 e. The molecule has 1 saturated heterocycles. The van der Waals surface area contributed by atoms with E-state index >= 15 is 0 Å². The maximum atomic E-state index is 11.9. The summed E-state index contributed by atoms with van der Waals surface area (Å²) >= 11 is 0. The number of amides is 2. The van der Waals surface area contributed by atoms with E-state index in [1.807, 2.05) is 6.92 Å². The molecule has 0 aliphatic carbocycles. The van der Waals surface area contributed by atoms with Crippen molar-refractivity contribution in [2.45, 2.75) is 25.3 Å². The van der Waals surface area contributed by atoms with E-state index in [4.69, 9.17) is 9.84 Å². The lowest BCUT2D eigenvalue weighted by molar-refractivity contribution is -0.136. The zero-order chi connectivity index (χ0) is 14.6. The van der Waals surface area contributed by atoms with E-state index < -0.39 is 5.97 Å². The van der Waals surface area contributed by atoms with Crippen LogP contribution in [-0.2, 0) is 16.0 Å². The molecule has 108 valence electrons. The third-order valence-electron chi connectivity index (χ3n) is 3.20. The van der Waals surface area contributed by atoms with Gasteiger partial charge in [0.2, 0.25) is 0 Å². The van der Waals surface area contributed by atoms with Crippen molar-refractivity contribution in [2.75, 3.05) is 18.5 Å². The van der Waals surface area contributed by atoms with Crippen LogP contribution < -0.4 is 10.6 Å². The molecule has 2 amide bonds. The van der Waals surface area contributed by atoms with Crippen molar-refractivity contribution < 1.29 is 19.4 Å². The number of rotatable bonds is 4. The molecule has 1 atom stereocenters. The van der Waals surface area contributed by atoms with Gasteiger partial charge >= 0.3 is 12.0 Å². The van der Waals surface area contributed by atoms with E-state index in [0.29, 0.717) is 24.5 Å². The minimum absolute atomic E-state index is 0.0259. The number of ether oxygens (including phenoxy) is 1. The number of nitrogens with one attached hydrogen (secondary N) is 2. The summed E-state index contributed by atoms with van der Waals surface area (Å²) < 4.78 is 5.27. The predicted molar refractivity (Wildman–Crippen MR) is 73.8 cm³/mol. The van der Waals surface area contributed by atoms with Gasteiger partial charge in [-0.3, -0.25) is 4.79 Å². The Morgan fingerprint density at radius 1 is 1.35 bits per heavy atom. The second-order valence-electron chi connectivity index (χ2n) is 5.21. The van der Waals surface area contributed by atoms with Crippen LogP contribution in [0.15, 0.2) is 24.3 Å². The number of hydrogen-bond donors (Lipinski definition) is 3. The predicted octanol–water partition coefficient (Wildman–Crippen LogP) is 1.61. The first kappa shape index (κ1) is 14.3. The van der Waals surface area contributed by atoms with Crippen molar-refractivity contribution >= 4 is 17.7 Å². The summed E-state index contributed by atoms with van der Waals surface area (Å²) in [5, 5.41) is 14.3. The first-order valence-electron chi connectivity index (χ1n) is 6.44. The van der Waals surface area contributed by atoms with E-state index in [1.54, 1.807) is 24.3 Å². The molecule has 0 aromatic heterocycles. The molecule has 2 rings (SSSR count). The van der Waals surface area contributed by atoms with Crippen LogP contribution in [0.25, 0.3) is 0 Å². The van der Waals surface area contributed by atoms with Gasteiger partial charge < -0.3 is 20.5 Å². The SMILES string of the molecule is CC1(NC(=O)Nc2ccc(CC(=O)O)cc2)CCOC1. The second-order valence-corrected chi connectivity index (χ2v) is 5.21. The Morgan fingerprint density at radius 3 is 2.60 bits per heavy atom. The highest BCUT2D eigenvalue weighted by atomic mass is 16.5. The molecule has 1 fully saturated rings. The van der Waals surface area contributed by atoms with Gasteiger partial charge in [-0.2, -0.15) is 0 Å². The van der Waals surface area contributed by atoms with Gasteiger partial charge in [-0.25, -0.2) is 4.79 Å². The lowest BCUT2D eigenvalue weighted by Gasteiger charge is -2.23. The lowest BCUT2D eigenvalue weighted by atomic mass is 10.0. The first-order chi connectivity index (χ1) is 9.47. The van der Waals surface area contributed by atoms with Crippen molar-refractivity contribution in [3.05, 3.63) is 29.8 Å². The van der Waals surface area contributed by atoms with Gasteiger partial charge in [0.15, 0.2) is 0 Å². The fraction of sp³-hybridized carbons (Fsp3) is 0.429. The zero-order valence-electron chi connectivity index (χ0n) is 11.3. The molecule has 6 heteroatoms. The average Bonchev–Trinajstić information content (AvgIpc) is 2.77. The molecule has 0 bridgehead atoms. The van der Waals surface area contributed by atoms with Crippen molar-refractivity contribution in [1.82, 2.24) is 5.32 Å². The van der Waals surface area contributed by atoms with E-state index in [2.05, 4.69) is 10.6 Å². The summed E-state index contributed by atoms with van der Waals surface area (Å²) in [7, 11) is 0. The van der Waals surface area contributed by atoms with Gasteiger partial charge in [-0.15, -0.1) is 0 Å². The Morgan fingerprint density at radius 2 is 2.05 bits per heavy atom. The van der Waals surface area contributed by atoms with Crippen LogP contribution in [0.1, 0.15) is 18.9 Å². The molecule has 1 heterocycles. The minimum atomic E-state index is -0.877. The standard InChI is InChI=1S/C14H18N2O4/c1-14(6-7-20-9-14)16-13(19)15-11-4-2-10(3-5-11)8-12(17)18/h2-5H,6-9H2,1H3,(H,17,18)(H2,15,16,19). The monoisotopic (exact) mass is 278 g/mol. The van der Waals surface area contributed by atoms with Crippen LogP contribution in [0.3, 0.4) is 0 Å². The fourth-order valence-electron chi connectivity index (χ4n) is 2.08. The number of benzene rings is 1. The number of carboxylic acids is 1. The molecule has 1 aromatic rings. The fourth-order valence-corrected chi connectivity index (χ4v) is 2.08. The Hall–Kier alpha value is -2.08. The molecule has 1 aliphatic rings. The molecular formula is C14H18N2O4. The maximum absolute atomic E-state index is 11.9. The third-order valence-corrected chi connectivity index (χ3v) is 3.20. The Kier molecular flexibility index (Phi) is 4.24. The van der Waals surface area contributed by atoms with Crippen LogP contribution in [0.2, 0.25) is 0 Å². The number of hydrogen-bond acceptors (Lipinski definition) is 3. The number of aliphatic carboxylic acids is 1. The van der Waals surface area contributed by atoms with Gasteiger partial charge in [0, 0.05) is 12.3 Å². The van der Waals surface area contributed by atoms with Gasteiger partial charge in [-0.1, -0.05) is 12.1 Å². The second kappa shape index (κ2) is 5.92. The van der Waals surface area contributed by atoms with Gasteiger partial charge in [0.05, 0.1) is 18.6 Å². The first-order valence-corrected chi connectivity index (χ1v) is 6.44. The molecule has 1 unspecified atom stereocenters. The summed E-state index contributed by atoms with van der Waals surface area (Å²) in [4.78, 5) is 22.4. The highest BCUT2D eigenvalue weighted by Crippen LogP contribution is 2.18. The van der Waals surface area contributed by atoms with Gasteiger partial charge in [0.25, 0.3) is 0 Å². The molecule has 0 radical (unpaired) electrons. The number of carboxylic acid groups (broad SMARTS) is 1. The lowest BCUT2D eigenvalue weighted by Crippen LogP contribution is -2.48. The van der Waals surface area contributed by atoms with Gasteiger partial charge in [-0.05, 0) is 31.0 Å². The smallest absolute Gasteiger partial charge is 0.319 e. The number of anilines is 1. The molecule has 20 heavy (non-hydrogen) atoms. The molecule has 1 aromatic carbocycles. The summed E-state index contributed by atoms with van der Waals surface area (Å²) in [6.07, 6.45) is 0.764. The van der Waals surface area contributed by atoms with Crippen molar-refractivity contribution in [3.8, 4) is 0 Å². The normalized spacial score (nSPS) is 21.4. The van der Waals surface area contributed by atoms with E-state index in [9.17, 15) is 9.59 Å². The van der Waals surface area contributed by atoms with Gasteiger partial charge in [0.1, 0.15) is 0 Å². The van der Waals surface area contributed by atoms with Crippen LogP contribution >= 0.6 is 0 Å². The molecular weight excluding hydrogens is 260 g/mol. The molecule has 1 aliphatic heterocycles. The topological polar surface area (TPSA) is 87.7 Å². The Balaban J connectivity index is 1.89. The van der Waals surface area contributed by atoms with E-state index in [0.717, 1.165) is 6.42 Å². The highest BCUT2D eigenvalue weighted by Gasteiger charge is 2.31. The number of carbonyl (C=O) groups is 2. The number of carbonyl (C=O) groups excluding carboxylic acids is 1. The van der Waals surface area contributed by atoms with E-state index in [1.165, 1.54) is 0 Å². The Bertz CT molecular complexity index is 492. The number of urea groups is 1. The largest absolute Gasteiger partial charge is 0.481 e. The van der Waals surface area contributed by atoms with Crippen LogP contribution in [-0.4, -0.2) is 35.9 Å². The van der Waals surface area contributed by atoms with Crippen molar-refractivity contribution in [1.29, 1.82) is 0 Å². The summed E-state index contributed by atoms with van der Waals surface area (Å²) in [6, 6.07) is 6.45. The van der Waals surface area contributed by atoms with E-state index in [-0.39, 0.29) is 18.0 Å². The summed E-state index contributed by atoms with van der Waals surface area (Å²) in [5.41, 5.74) is 0.992. The Labute approximate surface area is 117 Å². The average molecular weight is 278 g/mol. The molecule has 0 saturated carbocycles. The third kappa shape index (κ3) is 3.96. The summed E-state index contributed by atoms with van der Waals surface area (Å²) in [5.74, 6) is -0.877. The van der Waals surface area contributed by atoms with Crippen molar-refractivity contribution in [2.24, 2.45) is 0 Å². The zero-order valence-corrected chi connectivity index (χ0v) is 11.3. The highest BCUT2D eigenvalue weighted by molar-refractivity contribution is 5.89.